The molecule has 0 bridgehead atoms. The van der Waals surface area contributed by atoms with Gasteiger partial charge in [0.2, 0.25) is 5.89 Å². The van der Waals surface area contributed by atoms with Crippen LogP contribution >= 0.6 is 0 Å². The Kier molecular flexibility index (Phi) is 4.74. The maximum Gasteiger partial charge on any atom is 0.246 e. The Balaban J connectivity index is 1.81. The lowest BCUT2D eigenvalue weighted by atomic mass is 10.3. The molecule has 2 rings (SSSR count). The summed E-state index contributed by atoms with van der Waals surface area (Å²) in [6, 6.07) is 6.77. The molecule has 1 aromatic heterocycles. The van der Waals surface area contributed by atoms with Gasteiger partial charge in [0.15, 0.2) is 5.82 Å². The number of nitrogens with one attached hydrogen (secondary N) is 1. The van der Waals surface area contributed by atoms with E-state index in [1.807, 2.05) is 6.92 Å². The average molecular weight is 263 g/mol. The van der Waals surface area contributed by atoms with Crippen molar-refractivity contribution in [3.05, 3.63) is 36.0 Å². The van der Waals surface area contributed by atoms with Gasteiger partial charge in [0.05, 0.1) is 6.54 Å². The highest BCUT2D eigenvalue weighted by molar-refractivity contribution is 5.45. The molecule has 0 aliphatic carbocycles. The van der Waals surface area contributed by atoms with Crippen molar-refractivity contribution >= 4 is 5.69 Å². The van der Waals surface area contributed by atoms with Crippen LogP contribution in [0.2, 0.25) is 0 Å². The molecule has 0 saturated carbocycles. The van der Waals surface area contributed by atoms with Crippen LogP contribution in [0.15, 0.2) is 28.8 Å². The van der Waals surface area contributed by atoms with Crippen molar-refractivity contribution in [2.45, 2.75) is 26.5 Å². The van der Waals surface area contributed by atoms with Gasteiger partial charge in [0.1, 0.15) is 12.4 Å². The van der Waals surface area contributed by atoms with Crippen molar-refractivity contribution in [3.8, 4) is 5.75 Å². The zero-order valence-electron chi connectivity index (χ0n) is 10.8. The molecule has 1 aromatic carbocycles. The molecule has 102 valence electrons. The van der Waals surface area contributed by atoms with Gasteiger partial charge in [-0.15, -0.1) is 0 Å². The Morgan fingerprint density at radius 2 is 2.11 bits per heavy atom. The predicted molar refractivity (Wildman–Crippen MR) is 69.7 cm³/mol. The van der Waals surface area contributed by atoms with Gasteiger partial charge in [-0.1, -0.05) is 12.1 Å². The van der Waals surface area contributed by atoms with Crippen LogP contribution in [0, 0.1) is 0 Å². The van der Waals surface area contributed by atoms with Crippen molar-refractivity contribution in [2.75, 3.05) is 11.9 Å². The number of phenolic OH excluding ortho intramolecular Hbond substituents is 1. The average Bonchev–Trinajstić information content (AvgIpc) is 2.86. The van der Waals surface area contributed by atoms with Crippen LogP contribution in [0.3, 0.4) is 0 Å². The minimum Gasteiger partial charge on any atom is -0.508 e. The molecule has 2 N–H and O–H groups in total. The topological polar surface area (TPSA) is 80.4 Å². The molecule has 6 heteroatoms. The van der Waals surface area contributed by atoms with Crippen LogP contribution in [0.1, 0.15) is 25.1 Å². The van der Waals surface area contributed by atoms with Crippen LogP contribution < -0.4 is 5.32 Å². The molecule has 0 radical (unpaired) electrons. The van der Waals surface area contributed by atoms with Gasteiger partial charge in [-0.25, -0.2) is 0 Å². The number of rotatable bonds is 7. The van der Waals surface area contributed by atoms with E-state index < -0.39 is 0 Å². The molecule has 0 unspecified atom stereocenters. The number of anilines is 1. The first-order chi connectivity index (χ1) is 9.28. The van der Waals surface area contributed by atoms with Gasteiger partial charge < -0.3 is 19.7 Å². The van der Waals surface area contributed by atoms with E-state index in [9.17, 15) is 0 Å². The van der Waals surface area contributed by atoms with Gasteiger partial charge in [-0.3, -0.25) is 0 Å². The zero-order chi connectivity index (χ0) is 13.5. The van der Waals surface area contributed by atoms with Crippen LogP contribution in [-0.4, -0.2) is 21.9 Å². The summed E-state index contributed by atoms with van der Waals surface area (Å²) in [5, 5.41) is 16.1. The second-order valence-electron chi connectivity index (χ2n) is 4.06. The minimum atomic E-state index is 0.235. The van der Waals surface area contributed by atoms with Crippen LogP contribution in [0.4, 0.5) is 5.69 Å². The third-order valence-corrected chi connectivity index (χ3v) is 2.40. The smallest absolute Gasteiger partial charge is 0.246 e. The number of phenols is 1. The first-order valence-corrected chi connectivity index (χ1v) is 6.20. The van der Waals surface area contributed by atoms with Crippen LogP contribution in [0.5, 0.6) is 5.75 Å². The molecule has 0 aliphatic heterocycles. The molecule has 0 fully saturated rings. The highest BCUT2D eigenvalue weighted by Crippen LogP contribution is 2.14. The Hall–Kier alpha value is -2.08. The van der Waals surface area contributed by atoms with Gasteiger partial charge in [-0.05, 0) is 30.7 Å². The maximum atomic E-state index is 9.17. The zero-order valence-corrected chi connectivity index (χ0v) is 10.8. The van der Waals surface area contributed by atoms with E-state index in [-0.39, 0.29) is 5.75 Å². The largest absolute Gasteiger partial charge is 0.508 e. The number of nitrogens with zero attached hydrogens (tertiary/aromatic N) is 2. The standard InChI is InChI=1S/C13H17N3O3/c1-2-7-18-9-12-15-13(19-16-12)8-14-10-3-5-11(17)6-4-10/h3-6,14,17H,2,7-9H2,1H3. The van der Waals surface area contributed by atoms with Gasteiger partial charge >= 0.3 is 0 Å². The minimum absolute atomic E-state index is 0.235. The third kappa shape index (κ3) is 4.26. The van der Waals surface area contributed by atoms with E-state index >= 15 is 0 Å². The molecule has 0 amide bonds. The number of aromatic hydroxyl groups is 1. The fraction of sp³-hybridized carbons (Fsp3) is 0.385. The second-order valence-corrected chi connectivity index (χ2v) is 4.06. The van der Waals surface area contributed by atoms with Crippen molar-refractivity contribution in [2.24, 2.45) is 0 Å². The summed E-state index contributed by atoms with van der Waals surface area (Å²) in [5.74, 6) is 1.29. The summed E-state index contributed by atoms with van der Waals surface area (Å²) in [4.78, 5) is 4.20. The summed E-state index contributed by atoms with van der Waals surface area (Å²) < 4.78 is 10.4. The Morgan fingerprint density at radius 3 is 2.84 bits per heavy atom. The molecule has 1 heterocycles. The summed E-state index contributed by atoms with van der Waals surface area (Å²) >= 11 is 0. The van der Waals surface area contributed by atoms with Crippen molar-refractivity contribution in [1.29, 1.82) is 0 Å². The van der Waals surface area contributed by atoms with E-state index in [2.05, 4.69) is 15.5 Å². The lowest BCUT2D eigenvalue weighted by Gasteiger charge is -2.02. The normalized spacial score (nSPS) is 10.6. The van der Waals surface area contributed by atoms with Crippen molar-refractivity contribution in [1.82, 2.24) is 10.1 Å². The Labute approximate surface area is 111 Å². The first kappa shape index (κ1) is 13.4. The predicted octanol–water partition coefficient (Wildman–Crippen LogP) is 2.31. The summed E-state index contributed by atoms with van der Waals surface area (Å²) in [5.41, 5.74) is 0.875. The molecular formula is C13H17N3O3. The highest BCUT2D eigenvalue weighted by Gasteiger charge is 2.05. The number of hydrogen-bond donors (Lipinski definition) is 2. The molecule has 6 nitrogen and oxygen atoms in total. The van der Waals surface area contributed by atoms with Gasteiger partial charge in [-0.2, -0.15) is 4.98 Å². The fourth-order valence-electron chi connectivity index (χ4n) is 1.49. The van der Waals surface area contributed by atoms with Gasteiger partial charge in [0, 0.05) is 12.3 Å². The van der Waals surface area contributed by atoms with Crippen molar-refractivity contribution < 1.29 is 14.4 Å². The van der Waals surface area contributed by atoms with Crippen LogP contribution in [0.25, 0.3) is 0 Å². The number of benzene rings is 1. The summed E-state index contributed by atoms with van der Waals surface area (Å²) in [6.07, 6.45) is 0.965. The summed E-state index contributed by atoms with van der Waals surface area (Å²) in [7, 11) is 0. The molecule has 0 saturated heterocycles. The van der Waals surface area contributed by atoms with E-state index in [1.165, 1.54) is 0 Å². The van der Waals surface area contributed by atoms with Gasteiger partial charge in [0.25, 0.3) is 0 Å². The highest BCUT2D eigenvalue weighted by atomic mass is 16.5. The van der Waals surface area contributed by atoms with Crippen LogP contribution in [-0.2, 0) is 17.9 Å². The second kappa shape index (κ2) is 6.75. The lowest BCUT2D eigenvalue weighted by Crippen LogP contribution is -2.00. The van der Waals surface area contributed by atoms with E-state index in [0.717, 1.165) is 12.1 Å². The third-order valence-electron chi connectivity index (χ3n) is 2.40. The Morgan fingerprint density at radius 1 is 1.32 bits per heavy atom. The van der Waals surface area contributed by atoms with E-state index in [4.69, 9.17) is 14.4 Å². The molecule has 0 aliphatic rings. The Bertz CT molecular complexity index is 496. The fourth-order valence-corrected chi connectivity index (χ4v) is 1.49. The molecule has 19 heavy (non-hydrogen) atoms. The molecule has 2 aromatic rings. The molecule has 0 spiro atoms. The van der Waals surface area contributed by atoms with E-state index in [0.29, 0.717) is 31.5 Å². The maximum absolute atomic E-state index is 9.17. The molecule has 0 atom stereocenters. The van der Waals surface area contributed by atoms with E-state index in [1.54, 1.807) is 24.3 Å². The number of hydrogen-bond acceptors (Lipinski definition) is 6. The number of aromatic nitrogens is 2. The quantitative estimate of drug-likeness (QED) is 0.589. The monoisotopic (exact) mass is 263 g/mol. The lowest BCUT2D eigenvalue weighted by molar-refractivity contribution is 0.114. The van der Waals surface area contributed by atoms with Crippen molar-refractivity contribution in [3.63, 3.8) is 0 Å². The first-order valence-electron chi connectivity index (χ1n) is 6.20. The number of ether oxygens (including phenoxy) is 1. The molecular weight excluding hydrogens is 246 g/mol. The SMILES string of the molecule is CCCOCc1noc(CNc2ccc(O)cc2)n1. The summed E-state index contributed by atoms with van der Waals surface area (Å²) in [6.45, 7) is 3.54.